The smallest absolute Gasteiger partial charge is 0.150 e. The lowest BCUT2D eigenvalue weighted by Crippen LogP contribution is -1.81. The van der Waals surface area contributed by atoms with Crippen LogP contribution in [0.5, 0.6) is 5.75 Å². The van der Waals surface area contributed by atoms with Gasteiger partial charge >= 0.3 is 0 Å². The fourth-order valence-corrected chi connectivity index (χ4v) is 3.88. The summed E-state index contributed by atoms with van der Waals surface area (Å²) in [6, 6.07) is 6.23. The summed E-state index contributed by atoms with van der Waals surface area (Å²) < 4.78 is 8.90. The van der Waals surface area contributed by atoms with Crippen LogP contribution in [-0.4, -0.2) is 7.11 Å². The molecule has 0 radical (unpaired) electrons. The molecule has 0 saturated carbocycles. The first kappa shape index (κ1) is 9.73. The van der Waals surface area contributed by atoms with Crippen molar-refractivity contribution in [3.63, 3.8) is 0 Å². The Kier molecular flexibility index (Phi) is 2.80. The lowest BCUT2D eigenvalue weighted by molar-refractivity contribution is 0.419. The summed E-state index contributed by atoms with van der Waals surface area (Å²) in [5.74, 6) is 0.994. The van der Waals surface area contributed by atoms with Crippen molar-refractivity contribution in [3.8, 4) is 5.75 Å². The van der Waals surface area contributed by atoms with E-state index in [4.69, 9.17) is 4.74 Å². The predicted octanol–water partition coefficient (Wildman–Crippen LogP) is 4.28. The van der Waals surface area contributed by atoms with Gasteiger partial charge in [0.05, 0.1) is 7.11 Å². The average Bonchev–Trinajstić information content (AvgIpc) is 2.39. The van der Waals surface area contributed by atoms with E-state index in [9.17, 15) is 0 Å². The molecule has 0 spiro atoms. The Hall–Kier alpha value is 0.190. The molecule has 1 heterocycles. The van der Waals surface area contributed by atoms with E-state index in [0.717, 1.165) is 10.2 Å². The molecular weight excluding hydrogens is 363 g/mol. The molecule has 1 aromatic heterocycles. The van der Waals surface area contributed by atoms with Crippen molar-refractivity contribution < 1.29 is 4.74 Å². The second-order valence-corrected chi connectivity index (χ2v) is 6.33. The Balaban J connectivity index is 2.79. The van der Waals surface area contributed by atoms with Gasteiger partial charge in [-0.05, 0) is 40.8 Å². The van der Waals surface area contributed by atoms with Crippen molar-refractivity contribution in [1.82, 2.24) is 0 Å². The minimum atomic E-state index is 0.994. The van der Waals surface area contributed by atoms with E-state index in [-0.39, 0.29) is 0 Å². The van der Waals surface area contributed by atoms with E-state index in [0.29, 0.717) is 0 Å². The van der Waals surface area contributed by atoms with Gasteiger partial charge in [0.1, 0.15) is 2.88 Å². The standard InChI is InChI=1S/C9H6BrIOS/c1-12-8-6-3-2-5(10)4-7(6)13-9(8)11/h2-4H,1H3. The van der Waals surface area contributed by atoms with Gasteiger partial charge in [0.15, 0.2) is 5.75 Å². The highest BCUT2D eigenvalue weighted by molar-refractivity contribution is 14.1. The van der Waals surface area contributed by atoms with Crippen molar-refractivity contribution in [3.05, 3.63) is 25.6 Å². The summed E-state index contributed by atoms with van der Waals surface area (Å²) in [5.41, 5.74) is 0. The second kappa shape index (κ2) is 3.74. The Morgan fingerprint density at radius 3 is 2.92 bits per heavy atom. The SMILES string of the molecule is COc1c(I)sc2cc(Br)ccc12. The van der Waals surface area contributed by atoms with Crippen LogP contribution in [0.1, 0.15) is 0 Å². The summed E-state index contributed by atoms with van der Waals surface area (Å²) in [7, 11) is 1.71. The first-order chi connectivity index (χ1) is 6.22. The highest BCUT2D eigenvalue weighted by Gasteiger charge is 2.09. The van der Waals surface area contributed by atoms with Crippen molar-refractivity contribution >= 4 is 59.9 Å². The molecule has 0 atom stereocenters. The Bertz CT molecular complexity index is 452. The molecule has 0 fully saturated rings. The van der Waals surface area contributed by atoms with Crippen molar-refractivity contribution in [2.45, 2.75) is 0 Å². The quantitative estimate of drug-likeness (QED) is 0.683. The summed E-state index contributed by atoms with van der Waals surface area (Å²) >= 11 is 7.50. The molecule has 0 N–H and O–H groups in total. The number of benzene rings is 1. The second-order valence-electron chi connectivity index (χ2n) is 2.55. The summed E-state index contributed by atoms with van der Waals surface area (Å²) in [6.45, 7) is 0. The summed E-state index contributed by atoms with van der Waals surface area (Å²) in [5, 5.41) is 1.19. The predicted molar refractivity (Wildman–Crippen MR) is 68.8 cm³/mol. The molecule has 2 aromatic rings. The topological polar surface area (TPSA) is 9.23 Å². The number of hydrogen-bond donors (Lipinski definition) is 0. The van der Waals surface area contributed by atoms with Crippen LogP contribution in [0.3, 0.4) is 0 Å². The molecule has 0 unspecified atom stereocenters. The molecule has 0 amide bonds. The number of ether oxygens (including phenoxy) is 1. The van der Waals surface area contributed by atoms with Gasteiger partial charge in [0, 0.05) is 14.6 Å². The van der Waals surface area contributed by atoms with Crippen LogP contribution in [0.15, 0.2) is 22.7 Å². The van der Waals surface area contributed by atoms with Crippen LogP contribution in [0.2, 0.25) is 0 Å². The number of fused-ring (bicyclic) bond motifs is 1. The van der Waals surface area contributed by atoms with Crippen LogP contribution in [0, 0.1) is 2.88 Å². The zero-order valence-electron chi connectivity index (χ0n) is 6.80. The number of methoxy groups -OCH3 is 1. The molecule has 4 heteroatoms. The van der Waals surface area contributed by atoms with E-state index in [1.54, 1.807) is 18.4 Å². The molecule has 68 valence electrons. The Labute approximate surface area is 102 Å². The van der Waals surface area contributed by atoms with Gasteiger partial charge in [-0.25, -0.2) is 0 Å². The van der Waals surface area contributed by atoms with Crippen LogP contribution in [0.25, 0.3) is 10.1 Å². The lowest BCUT2D eigenvalue weighted by Gasteiger charge is -1.97. The lowest BCUT2D eigenvalue weighted by atomic mass is 10.2. The van der Waals surface area contributed by atoms with Crippen LogP contribution < -0.4 is 4.74 Å². The summed E-state index contributed by atoms with van der Waals surface area (Å²) in [6.07, 6.45) is 0. The maximum Gasteiger partial charge on any atom is 0.150 e. The molecule has 0 bridgehead atoms. The van der Waals surface area contributed by atoms with Crippen LogP contribution in [0.4, 0.5) is 0 Å². The third-order valence-corrected chi connectivity index (χ3v) is 4.34. The molecule has 1 aromatic carbocycles. The Morgan fingerprint density at radius 2 is 2.23 bits per heavy atom. The van der Waals surface area contributed by atoms with Crippen LogP contribution >= 0.6 is 49.9 Å². The Morgan fingerprint density at radius 1 is 1.46 bits per heavy atom. The van der Waals surface area contributed by atoms with E-state index in [1.807, 2.05) is 6.07 Å². The van der Waals surface area contributed by atoms with Gasteiger partial charge in [0.2, 0.25) is 0 Å². The van der Waals surface area contributed by atoms with E-state index >= 15 is 0 Å². The molecule has 13 heavy (non-hydrogen) atoms. The van der Waals surface area contributed by atoms with E-state index in [1.165, 1.54) is 13.0 Å². The van der Waals surface area contributed by atoms with Gasteiger partial charge in [-0.3, -0.25) is 0 Å². The normalized spacial score (nSPS) is 10.7. The third kappa shape index (κ3) is 1.71. The van der Waals surface area contributed by atoms with Crippen molar-refractivity contribution in [2.75, 3.05) is 7.11 Å². The zero-order valence-corrected chi connectivity index (χ0v) is 11.4. The molecule has 0 aliphatic carbocycles. The first-order valence-electron chi connectivity index (χ1n) is 3.64. The minimum Gasteiger partial charge on any atom is -0.494 e. The number of thiophene rings is 1. The third-order valence-electron chi connectivity index (χ3n) is 1.77. The molecule has 2 rings (SSSR count). The maximum absolute atomic E-state index is 5.33. The highest BCUT2D eigenvalue weighted by Crippen LogP contribution is 2.39. The molecule has 1 nitrogen and oxygen atoms in total. The fourth-order valence-electron chi connectivity index (χ4n) is 1.21. The van der Waals surface area contributed by atoms with Crippen molar-refractivity contribution in [2.24, 2.45) is 0 Å². The molecular formula is C9H6BrIOS. The summed E-state index contributed by atoms with van der Waals surface area (Å²) in [4.78, 5) is 0. The van der Waals surface area contributed by atoms with Crippen molar-refractivity contribution in [1.29, 1.82) is 0 Å². The number of halogens is 2. The monoisotopic (exact) mass is 368 g/mol. The minimum absolute atomic E-state index is 0.994. The average molecular weight is 369 g/mol. The van der Waals surface area contributed by atoms with Gasteiger partial charge in [-0.2, -0.15) is 0 Å². The molecule has 0 saturated heterocycles. The largest absolute Gasteiger partial charge is 0.494 e. The first-order valence-corrected chi connectivity index (χ1v) is 6.32. The van der Waals surface area contributed by atoms with Gasteiger partial charge in [0.25, 0.3) is 0 Å². The van der Waals surface area contributed by atoms with Gasteiger partial charge in [-0.1, -0.05) is 15.9 Å². The fraction of sp³-hybridized carbons (Fsp3) is 0.111. The van der Waals surface area contributed by atoms with Gasteiger partial charge in [-0.15, -0.1) is 11.3 Å². The molecule has 0 aliphatic rings. The van der Waals surface area contributed by atoms with E-state index < -0.39 is 0 Å². The highest BCUT2D eigenvalue weighted by atomic mass is 127. The number of hydrogen-bond acceptors (Lipinski definition) is 2. The van der Waals surface area contributed by atoms with Crippen LogP contribution in [-0.2, 0) is 0 Å². The maximum atomic E-state index is 5.33. The molecule has 0 aliphatic heterocycles. The van der Waals surface area contributed by atoms with E-state index in [2.05, 4.69) is 50.7 Å². The zero-order chi connectivity index (χ0) is 9.42. The van der Waals surface area contributed by atoms with Gasteiger partial charge < -0.3 is 4.74 Å². The number of rotatable bonds is 1.